The number of hydrogen-bond acceptors (Lipinski definition) is 3. The van der Waals surface area contributed by atoms with Crippen LogP contribution in [0.15, 0.2) is 0 Å². The molecule has 0 aromatic rings. The fourth-order valence-electron chi connectivity index (χ4n) is 2.02. The van der Waals surface area contributed by atoms with Gasteiger partial charge in [-0.05, 0) is 58.7 Å². The van der Waals surface area contributed by atoms with E-state index in [9.17, 15) is 4.79 Å². The van der Waals surface area contributed by atoms with Crippen LogP contribution in [0.1, 0.15) is 40.0 Å². The van der Waals surface area contributed by atoms with E-state index in [1.165, 1.54) is 25.9 Å². The van der Waals surface area contributed by atoms with Gasteiger partial charge in [-0.1, -0.05) is 6.92 Å². The number of rotatable bonds is 5. The number of nitrogens with one attached hydrogen (secondary N) is 1. The Labute approximate surface area is 105 Å². The van der Waals surface area contributed by atoms with Crippen molar-refractivity contribution < 1.29 is 4.79 Å². The van der Waals surface area contributed by atoms with Crippen LogP contribution in [0.25, 0.3) is 0 Å². The molecule has 0 aromatic carbocycles. The lowest BCUT2D eigenvalue weighted by molar-refractivity contribution is -0.125. The molecule has 0 aromatic heterocycles. The maximum absolute atomic E-state index is 11.5. The normalized spacial score (nSPS) is 19.3. The van der Waals surface area contributed by atoms with Crippen molar-refractivity contribution in [1.29, 1.82) is 0 Å². The molecule has 1 rings (SSSR count). The molecule has 100 valence electrons. The Balaban J connectivity index is 2.07. The summed E-state index contributed by atoms with van der Waals surface area (Å²) in [5.41, 5.74) is 4.93. The molecule has 0 spiro atoms. The third-order valence-electron chi connectivity index (χ3n) is 3.40. The summed E-state index contributed by atoms with van der Waals surface area (Å²) < 4.78 is 0. The molecule has 1 heterocycles. The third kappa shape index (κ3) is 5.50. The number of hydrogen-bond donors (Lipinski definition) is 2. The molecular formula is C13H27N3O. The Morgan fingerprint density at radius 2 is 2.00 bits per heavy atom. The van der Waals surface area contributed by atoms with E-state index in [1.54, 1.807) is 13.8 Å². The van der Waals surface area contributed by atoms with Gasteiger partial charge in [0, 0.05) is 6.54 Å². The number of amides is 1. The fraction of sp³-hybridized carbons (Fsp3) is 0.923. The summed E-state index contributed by atoms with van der Waals surface area (Å²) in [6, 6.07) is 0. The average molecular weight is 241 g/mol. The highest BCUT2D eigenvalue weighted by molar-refractivity contribution is 5.84. The van der Waals surface area contributed by atoms with Crippen molar-refractivity contribution >= 4 is 5.91 Å². The van der Waals surface area contributed by atoms with Gasteiger partial charge < -0.3 is 16.0 Å². The van der Waals surface area contributed by atoms with E-state index in [1.807, 2.05) is 0 Å². The molecule has 3 N–H and O–H groups in total. The zero-order valence-corrected chi connectivity index (χ0v) is 11.5. The number of carbonyl (C=O) groups is 1. The summed E-state index contributed by atoms with van der Waals surface area (Å²) in [7, 11) is 0. The molecule has 1 fully saturated rings. The number of nitrogens with zero attached hydrogens (tertiary/aromatic N) is 1. The smallest absolute Gasteiger partial charge is 0.239 e. The Kier molecular flexibility index (Phi) is 5.40. The third-order valence-corrected chi connectivity index (χ3v) is 3.40. The second-order valence-corrected chi connectivity index (χ2v) is 5.86. The zero-order chi connectivity index (χ0) is 12.9. The molecular weight excluding hydrogens is 214 g/mol. The highest BCUT2D eigenvalue weighted by Crippen LogP contribution is 2.15. The van der Waals surface area contributed by atoms with Gasteiger partial charge in [-0.15, -0.1) is 0 Å². The molecule has 0 atom stereocenters. The standard InChI is InChI=1S/C13H27N3O/c1-11-5-9-16(10-6-11)8-4-7-15-12(17)13(2,3)14/h11H,4-10,14H2,1-3H3,(H,15,17). The molecule has 17 heavy (non-hydrogen) atoms. The molecule has 4 nitrogen and oxygen atoms in total. The molecule has 0 bridgehead atoms. The van der Waals surface area contributed by atoms with Gasteiger partial charge in [-0.2, -0.15) is 0 Å². The Hall–Kier alpha value is -0.610. The number of likely N-dealkylation sites (tertiary alicyclic amines) is 1. The van der Waals surface area contributed by atoms with Crippen molar-refractivity contribution in [3.63, 3.8) is 0 Å². The van der Waals surface area contributed by atoms with Gasteiger partial charge in [-0.3, -0.25) is 4.79 Å². The van der Waals surface area contributed by atoms with Crippen molar-refractivity contribution in [1.82, 2.24) is 10.2 Å². The van der Waals surface area contributed by atoms with E-state index in [0.717, 1.165) is 25.4 Å². The molecule has 0 radical (unpaired) electrons. The maximum atomic E-state index is 11.5. The predicted molar refractivity (Wildman–Crippen MR) is 70.7 cm³/mol. The van der Waals surface area contributed by atoms with Gasteiger partial charge in [0.25, 0.3) is 0 Å². The summed E-state index contributed by atoms with van der Waals surface area (Å²) in [6.07, 6.45) is 3.63. The van der Waals surface area contributed by atoms with Crippen LogP contribution in [0.2, 0.25) is 0 Å². The van der Waals surface area contributed by atoms with E-state index >= 15 is 0 Å². The maximum Gasteiger partial charge on any atom is 0.239 e. The zero-order valence-electron chi connectivity index (χ0n) is 11.5. The summed E-state index contributed by atoms with van der Waals surface area (Å²) in [4.78, 5) is 14.0. The molecule has 0 aliphatic carbocycles. The predicted octanol–water partition coefficient (Wildman–Crippen LogP) is 0.962. The van der Waals surface area contributed by atoms with Gasteiger partial charge in [0.15, 0.2) is 0 Å². The van der Waals surface area contributed by atoms with Crippen molar-refractivity contribution in [2.24, 2.45) is 11.7 Å². The van der Waals surface area contributed by atoms with Crippen molar-refractivity contribution in [2.75, 3.05) is 26.2 Å². The summed E-state index contributed by atoms with van der Waals surface area (Å²) in [5, 5.41) is 2.88. The van der Waals surface area contributed by atoms with Crippen LogP contribution in [-0.4, -0.2) is 42.5 Å². The lowest BCUT2D eigenvalue weighted by Gasteiger charge is -2.30. The van der Waals surface area contributed by atoms with Crippen LogP contribution in [0.5, 0.6) is 0 Å². The first-order chi connectivity index (χ1) is 7.89. The lowest BCUT2D eigenvalue weighted by Crippen LogP contribution is -2.49. The monoisotopic (exact) mass is 241 g/mol. The topological polar surface area (TPSA) is 58.4 Å². The second kappa shape index (κ2) is 6.36. The van der Waals surface area contributed by atoms with Crippen molar-refractivity contribution in [3.05, 3.63) is 0 Å². The summed E-state index contributed by atoms with van der Waals surface area (Å²) >= 11 is 0. The SMILES string of the molecule is CC1CCN(CCCNC(=O)C(C)(C)N)CC1. The minimum absolute atomic E-state index is 0.0650. The van der Waals surface area contributed by atoms with Crippen LogP contribution in [0.4, 0.5) is 0 Å². The number of nitrogens with two attached hydrogens (primary N) is 1. The van der Waals surface area contributed by atoms with E-state index in [2.05, 4.69) is 17.1 Å². The van der Waals surface area contributed by atoms with Gasteiger partial charge >= 0.3 is 0 Å². The first-order valence-corrected chi connectivity index (χ1v) is 6.69. The van der Waals surface area contributed by atoms with Crippen molar-refractivity contribution in [2.45, 2.75) is 45.6 Å². The van der Waals surface area contributed by atoms with Gasteiger partial charge in [0.05, 0.1) is 5.54 Å². The van der Waals surface area contributed by atoms with E-state index in [0.29, 0.717) is 0 Å². The Morgan fingerprint density at radius 1 is 1.41 bits per heavy atom. The largest absolute Gasteiger partial charge is 0.354 e. The van der Waals surface area contributed by atoms with E-state index in [-0.39, 0.29) is 5.91 Å². The lowest BCUT2D eigenvalue weighted by atomic mass is 9.99. The minimum Gasteiger partial charge on any atom is -0.354 e. The van der Waals surface area contributed by atoms with Crippen LogP contribution < -0.4 is 11.1 Å². The first-order valence-electron chi connectivity index (χ1n) is 6.69. The molecule has 1 aliphatic heterocycles. The second-order valence-electron chi connectivity index (χ2n) is 5.86. The highest BCUT2D eigenvalue weighted by Gasteiger charge is 2.21. The molecule has 1 aliphatic rings. The van der Waals surface area contributed by atoms with Gasteiger partial charge in [-0.25, -0.2) is 0 Å². The highest BCUT2D eigenvalue weighted by atomic mass is 16.2. The summed E-state index contributed by atoms with van der Waals surface area (Å²) in [6.45, 7) is 10.0. The van der Waals surface area contributed by atoms with Crippen LogP contribution in [-0.2, 0) is 4.79 Å². The molecule has 0 saturated carbocycles. The van der Waals surface area contributed by atoms with Crippen LogP contribution in [0.3, 0.4) is 0 Å². The van der Waals surface area contributed by atoms with E-state index in [4.69, 9.17) is 5.73 Å². The quantitative estimate of drug-likeness (QED) is 0.705. The first kappa shape index (κ1) is 14.5. The minimum atomic E-state index is -0.763. The molecule has 4 heteroatoms. The van der Waals surface area contributed by atoms with Crippen molar-refractivity contribution in [3.8, 4) is 0 Å². The number of carbonyl (C=O) groups excluding carboxylic acids is 1. The summed E-state index contributed by atoms with van der Waals surface area (Å²) in [5.74, 6) is 0.814. The molecule has 1 amide bonds. The average Bonchev–Trinajstić information content (AvgIpc) is 2.25. The van der Waals surface area contributed by atoms with Gasteiger partial charge in [0.2, 0.25) is 5.91 Å². The molecule has 1 saturated heterocycles. The number of piperidine rings is 1. The Bertz CT molecular complexity index is 240. The Morgan fingerprint density at radius 3 is 2.53 bits per heavy atom. The van der Waals surface area contributed by atoms with Crippen LogP contribution in [0, 0.1) is 5.92 Å². The van der Waals surface area contributed by atoms with E-state index < -0.39 is 5.54 Å². The van der Waals surface area contributed by atoms with Gasteiger partial charge in [0.1, 0.15) is 0 Å². The fourth-order valence-corrected chi connectivity index (χ4v) is 2.02. The van der Waals surface area contributed by atoms with Crippen LogP contribution >= 0.6 is 0 Å². The molecule has 0 unspecified atom stereocenters.